The Morgan fingerprint density at radius 2 is 1.79 bits per heavy atom. The molecule has 1 aliphatic carbocycles. The van der Waals surface area contributed by atoms with Gasteiger partial charge in [-0.2, -0.15) is 5.26 Å². The van der Waals surface area contributed by atoms with Crippen molar-refractivity contribution in [3.8, 4) is 6.07 Å². The van der Waals surface area contributed by atoms with Gasteiger partial charge in [0.05, 0.1) is 11.6 Å². The lowest BCUT2D eigenvalue weighted by Crippen LogP contribution is -2.21. The standard InChI is InChI=1S/C12H12N2/c13-6-9-1-3-12(4-2-9)14-7-10-5-11(10)8-14/h1-4,10-11H,5,7-8H2. The van der Waals surface area contributed by atoms with Gasteiger partial charge in [0.1, 0.15) is 0 Å². The Morgan fingerprint density at radius 1 is 1.14 bits per heavy atom. The van der Waals surface area contributed by atoms with Gasteiger partial charge in [0.25, 0.3) is 0 Å². The minimum Gasteiger partial charge on any atom is -0.371 e. The Kier molecular flexibility index (Phi) is 1.55. The molecule has 3 rings (SSSR count). The van der Waals surface area contributed by atoms with Gasteiger partial charge in [-0.15, -0.1) is 0 Å². The molecule has 0 amide bonds. The van der Waals surface area contributed by atoms with Crippen molar-refractivity contribution >= 4 is 5.69 Å². The van der Waals surface area contributed by atoms with Gasteiger partial charge >= 0.3 is 0 Å². The molecule has 1 saturated carbocycles. The van der Waals surface area contributed by atoms with E-state index in [2.05, 4.69) is 23.1 Å². The maximum Gasteiger partial charge on any atom is 0.0991 e. The van der Waals surface area contributed by atoms with Crippen molar-refractivity contribution in [2.45, 2.75) is 6.42 Å². The maximum absolute atomic E-state index is 8.68. The Morgan fingerprint density at radius 3 is 2.36 bits per heavy atom. The van der Waals surface area contributed by atoms with Crippen LogP contribution in [0.5, 0.6) is 0 Å². The monoisotopic (exact) mass is 184 g/mol. The summed E-state index contributed by atoms with van der Waals surface area (Å²) in [5.41, 5.74) is 2.02. The van der Waals surface area contributed by atoms with Crippen LogP contribution < -0.4 is 4.90 Å². The van der Waals surface area contributed by atoms with Gasteiger partial charge in [-0.1, -0.05) is 0 Å². The summed E-state index contributed by atoms with van der Waals surface area (Å²) in [6.07, 6.45) is 1.44. The lowest BCUT2D eigenvalue weighted by molar-refractivity contribution is 0.820. The first kappa shape index (κ1) is 7.87. The van der Waals surface area contributed by atoms with E-state index in [0.717, 1.165) is 17.4 Å². The molecule has 14 heavy (non-hydrogen) atoms. The van der Waals surface area contributed by atoms with Crippen LogP contribution in [-0.2, 0) is 0 Å². The predicted octanol–water partition coefficient (Wildman–Crippen LogP) is 2.01. The van der Waals surface area contributed by atoms with Crippen molar-refractivity contribution in [3.63, 3.8) is 0 Å². The highest BCUT2D eigenvalue weighted by Crippen LogP contribution is 2.46. The molecule has 1 aliphatic heterocycles. The van der Waals surface area contributed by atoms with Gasteiger partial charge < -0.3 is 4.90 Å². The molecule has 1 aromatic rings. The molecule has 1 aromatic carbocycles. The molecule has 0 spiro atoms. The second-order valence-corrected chi connectivity index (χ2v) is 4.32. The quantitative estimate of drug-likeness (QED) is 0.667. The van der Waals surface area contributed by atoms with E-state index in [1.807, 2.05) is 12.1 Å². The fraction of sp³-hybridized carbons (Fsp3) is 0.417. The van der Waals surface area contributed by atoms with E-state index in [0.29, 0.717) is 0 Å². The highest BCUT2D eigenvalue weighted by Gasteiger charge is 2.44. The van der Waals surface area contributed by atoms with Crippen LogP contribution in [0.3, 0.4) is 0 Å². The van der Waals surface area contributed by atoms with Crippen molar-refractivity contribution in [2.24, 2.45) is 11.8 Å². The molecule has 2 unspecified atom stereocenters. The molecular formula is C12H12N2. The van der Waals surface area contributed by atoms with Crippen LogP contribution in [0.15, 0.2) is 24.3 Å². The highest BCUT2D eigenvalue weighted by molar-refractivity contribution is 5.51. The highest BCUT2D eigenvalue weighted by atomic mass is 15.2. The summed E-state index contributed by atoms with van der Waals surface area (Å²) in [5, 5.41) is 8.68. The largest absolute Gasteiger partial charge is 0.371 e. The number of rotatable bonds is 1. The topological polar surface area (TPSA) is 27.0 Å². The molecule has 1 heterocycles. The maximum atomic E-state index is 8.68. The molecule has 0 N–H and O–H groups in total. The third-order valence-corrected chi connectivity index (χ3v) is 3.34. The van der Waals surface area contributed by atoms with Crippen LogP contribution in [0.25, 0.3) is 0 Å². The fourth-order valence-electron chi connectivity index (χ4n) is 2.36. The van der Waals surface area contributed by atoms with E-state index in [1.54, 1.807) is 0 Å². The van der Waals surface area contributed by atoms with Gasteiger partial charge in [-0.25, -0.2) is 0 Å². The van der Waals surface area contributed by atoms with Crippen molar-refractivity contribution < 1.29 is 0 Å². The number of piperidine rings is 1. The lowest BCUT2D eigenvalue weighted by Gasteiger charge is -2.19. The van der Waals surface area contributed by atoms with E-state index in [4.69, 9.17) is 5.26 Å². The zero-order valence-electron chi connectivity index (χ0n) is 7.98. The minimum absolute atomic E-state index is 0.748. The van der Waals surface area contributed by atoms with Gasteiger partial charge in [0.15, 0.2) is 0 Å². The Bertz CT molecular complexity index is 378. The Hall–Kier alpha value is -1.49. The summed E-state index contributed by atoms with van der Waals surface area (Å²) in [5.74, 6) is 1.93. The summed E-state index contributed by atoms with van der Waals surface area (Å²) in [7, 11) is 0. The summed E-state index contributed by atoms with van der Waals surface area (Å²) in [6, 6.07) is 10.1. The van der Waals surface area contributed by atoms with Gasteiger partial charge in [-0.3, -0.25) is 0 Å². The van der Waals surface area contributed by atoms with Crippen LogP contribution in [-0.4, -0.2) is 13.1 Å². The third-order valence-electron chi connectivity index (χ3n) is 3.34. The first-order valence-corrected chi connectivity index (χ1v) is 5.12. The average molecular weight is 184 g/mol. The molecule has 2 heteroatoms. The van der Waals surface area contributed by atoms with Crippen LogP contribution in [0.4, 0.5) is 5.69 Å². The van der Waals surface area contributed by atoms with Crippen LogP contribution in [0.2, 0.25) is 0 Å². The van der Waals surface area contributed by atoms with Crippen molar-refractivity contribution in [2.75, 3.05) is 18.0 Å². The average Bonchev–Trinajstić information content (AvgIpc) is 2.86. The summed E-state index contributed by atoms with van der Waals surface area (Å²) < 4.78 is 0. The van der Waals surface area contributed by atoms with Crippen LogP contribution in [0, 0.1) is 23.2 Å². The zero-order chi connectivity index (χ0) is 9.54. The van der Waals surface area contributed by atoms with Crippen molar-refractivity contribution in [1.82, 2.24) is 0 Å². The molecule has 0 aromatic heterocycles. The number of fused-ring (bicyclic) bond motifs is 1. The molecule has 2 nitrogen and oxygen atoms in total. The molecule has 70 valence electrons. The van der Waals surface area contributed by atoms with E-state index in [1.165, 1.54) is 25.2 Å². The third kappa shape index (κ3) is 1.17. The molecule has 0 radical (unpaired) electrons. The molecular weight excluding hydrogens is 172 g/mol. The van der Waals surface area contributed by atoms with E-state index >= 15 is 0 Å². The summed E-state index contributed by atoms with van der Waals surface area (Å²) in [4.78, 5) is 2.43. The normalized spacial score (nSPS) is 28.4. The van der Waals surface area contributed by atoms with E-state index < -0.39 is 0 Å². The van der Waals surface area contributed by atoms with E-state index in [9.17, 15) is 0 Å². The number of nitrogens with zero attached hydrogens (tertiary/aromatic N) is 2. The number of hydrogen-bond acceptors (Lipinski definition) is 2. The number of anilines is 1. The fourth-order valence-corrected chi connectivity index (χ4v) is 2.36. The second kappa shape index (κ2) is 2.75. The smallest absolute Gasteiger partial charge is 0.0991 e. The van der Waals surface area contributed by atoms with Gasteiger partial charge in [0, 0.05) is 18.8 Å². The first-order valence-electron chi connectivity index (χ1n) is 5.12. The van der Waals surface area contributed by atoms with Crippen molar-refractivity contribution in [1.29, 1.82) is 5.26 Å². The molecule has 2 fully saturated rings. The zero-order valence-corrected chi connectivity index (χ0v) is 7.98. The first-order chi connectivity index (χ1) is 6.86. The van der Waals surface area contributed by atoms with Crippen LogP contribution >= 0.6 is 0 Å². The Labute approximate surface area is 83.8 Å². The lowest BCUT2D eigenvalue weighted by atomic mass is 10.2. The molecule has 0 bridgehead atoms. The molecule has 2 aliphatic rings. The van der Waals surface area contributed by atoms with Crippen molar-refractivity contribution in [3.05, 3.63) is 29.8 Å². The van der Waals surface area contributed by atoms with Crippen LogP contribution in [0.1, 0.15) is 12.0 Å². The second-order valence-electron chi connectivity index (χ2n) is 4.32. The minimum atomic E-state index is 0.748. The molecule has 2 atom stereocenters. The number of benzene rings is 1. The number of hydrogen-bond donors (Lipinski definition) is 0. The summed E-state index contributed by atoms with van der Waals surface area (Å²) in [6.45, 7) is 2.44. The summed E-state index contributed by atoms with van der Waals surface area (Å²) >= 11 is 0. The number of nitriles is 1. The SMILES string of the molecule is N#Cc1ccc(N2CC3CC3C2)cc1. The van der Waals surface area contributed by atoms with Gasteiger partial charge in [-0.05, 0) is 42.5 Å². The molecule has 1 saturated heterocycles. The predicted molar refractivity (Wildman–Crippen MR) is 55.0 cm³/mol. The van der Waals surface area contributed by atoms with Gasteiger partial charge in [0.2, 0.25) is 0 Å². The van der Waals surface area contributed by atoms with E-state index in [-0.39, 0.29) is 0 Å². The Balaban J connectivity index is 1.80.